The van der Waals surface area contributed by atoms with E-state index >= 15 is 0 Å². The number of hydrogen-bond donors (Lipinski definition) is 0. The molecule has 0 aliphatic heterocycles. The van der Waals surface area contributed by atoms with Gasteiger partial charge in [0.2, 0.25) is 0 Å². The largest absolute Gasteiger partial charge is 0.424 e. The Labute approximate surface area is 417 Å². The molecule has 0 saturated heterocycles. The first-order chi connectivity index (χ1) is 25.9. The van der Waals surface area contributed by atoms with Gasteiger partial charge in [0.05, 0.1) is 8.07 Å². The van der Waals surface area contributed by atoms with E-state index in [4.69, 9.17) is 44.3 Å². The van der Waals surface area contributed by atoms with Crippen LogP contribution in [0.2, 0.25) is 157 Å². The summed E-state index contributed by atoms with van der Waals surface area (Å²) in [4.78, 5) is 0. The standard InChI is InChI=1S/C6H16OSi.C5H12Si.2C4H12O2Si.4C4H12OSi.C3H10OSi.C2H5.2CH4.V/c1-5-6-8(3,4)7-2;1-5-6(2,3)4;2*1-5-7(3,4)6-2;4*1-5-6(2,3)4;1-4-5(2)3;1-2;;;/h5-6H2,1-4H3;5H,1H2,2-4H3;2*1-4H3;4*1-4H3;5H,1-3H3;1H2,2H3;2*1H4;/q;;;;;;;;;-1;;;. The summed E-state index contributed by atoms with van der Waals surface area (Å²) in [7, 11) is 6.85. The van der Waals surface area contributed by atoms with Crippen molar-refractivity contribution in [3.63, 3.8) is 0 Å². The molecule has 0 unspecified atom stereocenters. The van der Waals surface area contributed by atoms with E-state index in [1.165, 1.54) is 12.5 Å². The molecule has 0 aromatic heterocycles. The molecule has 0 amide bonds. The molecular formula is C42H123O10Si9V-. The molecule has 393 valence electrons. The second kappa shape index (κ2) is 55.5. The van der Waals surface area contributed by atoms with E-state index in [9.17, 15) is 0 Å². The fraction of sp³-hybridized carbons (Fsp3) is 0.929. The summed E-state index contributed by atoms with van der Waals surface area (Å²) in [6.07, 6.45) is 1.26. The van der Waals surface area contributed by atoms with Crippen molar-refractivity contribution in [2.45, 2.75) is 192 Å². The second-order valence-corrected chi connectivity index (χ2v) is 57.4. The van der Waals surface area contributed by atoms with Gasteiger partial charge in [0.25, 0.3) is 0 Å². The zero-order valence-electron chi connectivity index (χ0n) is 47.5. The smallest absolute Gasteiger partial charge is 0.331 e. The van der Waals surface area contributed by atoms with Crippen LogP contribution in [0.15, 0.2) is 12.3 Å². The molecule has 0 aliphatic rings. The predicted molar refractivity (Wildman–Crippen MR) is 308 cm³/mol. The summed E-state index contributed by atoms with van der Waals surface area (Å²) in [6.45, 7) is 60.3. The molecule has 0 atom stereocenters. The number of rotatable bonds is 13. The predicted octanol–water partition coefficient (Wildman–Crippen LogP) is 14.9. The van der Waals surface area contributed by atoms with Gasteiger partial charge in [-0.2, -0.15) is 6.92 Å². The van der Waals surface area contributed by atoms with Crippen molar-refractivity contribution in [1.82, 2.24) is 0 Å². The van der Waals surface area contributed by atoms with Gasteiger partial charge in [-0.15, -0.1) is 12.3 Å². The summed E-state index contributed by atoms with van der Waals surface area (Å²) in [5, 5.41) is 0. The van der Waals surface area contributed by atoms with Crippen molar-refractivity contribution in [2.24, 2.45) is 0 Å². The van der Waals surface area contributed by atoms with Crippen LogP contribution < -0.4 is 0 Å². The summed E-state index contributed by atoms with van der Waals surface area (Å²) in [6, 6.07) is 1.28. The monoisotopic (exact) mass is 1090 g/mol. The molecule has 0 aromatic carbocycles. The maximum atomic E-state index is 5.32. The first kappa shape index (κ1) is 97.6. The molecule has 0 spiro atoms. The Kier molecular flexibility index (Phi) is 87.3. The molecule has 0 heterocycles. The van der Waals surface area contributed by atoms with Crippen molar-refractivity contribution < 1.29 is 62.8 Å². The van der Waals surface area contributed by atoms with Crippen LogP contribution in [0, 0.1) is 6.92 Å². The van der Waals surface area contributed by atoms with Gasteiger partial charge in [-0.1, -0.05) is 47.8 Å². The van der Waals surface area contributed by atoms with Gasteiger partial charge in [0.15, 0.2) is 50.6 Å². The van der Waals surface area contributed by atoms with Crippen molar-refractivity contribution in [3.8, 4) is 0 Å². The van der Waals surface area contributed by atoms with Crippen molar-refractivity contribution >= 4 is 75.8 Å². The van der Waals surface area contributed by atoms with Gasteiger partial charge >= 0.3 is 17.1 Å². The van der Waals surface area contributed by atoms with E-state index in [1.807, 2.05) is 33.3 Å². The third-order valence-electron chi connectivity index (χ3n) is 6.90. The normalized spacial score (nSPS) is 10.9. The fourth-order valence-corrected chi connectivity index (χ4v) is 2.61. The molecule has 0 aliphatic carbocycles. The average Bonchev–Trinajstić information content (AvgIpc) is 3.13. The summed E-state index contributed by atoms with van der Waals surface area (Å²) >= 11 is 0. The Morgan fingerprint density at radius 1 is 0.419 bits per heavy atom. The molecule has 0 bridgehead atoms. The van der Waals surface area contributed by atoms with Crippen LogP contribution in [0.5, 0.6) is 0 Å². The van der Waals surface area contributed by atoms with Crippen molar-refractivity contribution in [2.75, 3.05) is 71.1 Å². The SMILES string of the molecule is C.C.C=C[Si](C)(C)C.CCC[Si](C)(C)OC.CO[SiH](C)C.CO[Si](C)(C)C.CO[Si](C)(C)C.CO[Si](C)(C)C.CO[Si](C)(C)C.CO[Si](C)(C)OC.CO[Si](C)(C)OC.[CH2-]C.[V]. The molecule has 0 fully saturated rings. The molecule has 0 saturated carbocycles. The van der Waals surface area contributed by atoms with Gasteiger partial charge in [0, 0.05) is 89.7 Å². The minimum absolute atomic E-state index is 0. The second-order valence-electron chi connectivity index (χ2n) is 19.5. The molecule has 0 N–H and O–H groups in total. The number of hydrogen-bond acceptors (Lipinski definition) is 10. The summed E-state index contributed by atoms with van der Waals surface area (Å²) in [5.74, 6) is 0. The molecule has 0 rings (SSSR count). The van der Waals surface area contributed by atoms with Crippen LogP contribution >= 0.6 is 0 Å². The first-order valence-corrected chi connectivity index (χ1v) is 49.5. The van der Waals surface area contributed by atoms with Gasteiger partial charge < -0.3 is 51.2 Å². The van der Waals surface area contributed by atoms with E-state index in [0.29, 0.717) is 0 Å². The Hall–Kier alpha value is 1.88. The maximum absolute atomic E-state index is 5.32. The molecular weight excluding hydrogens is 968 g/mol. The Morgan fingerprint density at radius 3 is 0.581 bits per heavy atom. The molecule has 1 radical (unpaired) electrons. The summed E-state index contributed by atoms with van der Waals surface area (Å²) < 4.78 is 50.5. The van der Waals surface area contributed by atoms with Crippen molar-refractivity contribution in [1.29, 1.82) is 0 Å². The van der Waals surface area contributed by atoms with Gasteiger partial charge in [0.1, 0.15) is 0 Å². The average molecular weight is 1090 g/mol. The maximum Gasteiger partial charge on any atom is 0.331 e. The third-order valence-corrected chi connectivity index (χ3v) is 20.7. The minimum Gasteiger partial charge on any atom is -0.424 e. The first-order valence-electron chi connectivity index (χ1n) is 20.8. The van der Waals surface area contributed by atoms with E-state index in [0.717, 1.165) is 0 Å². The zero-order chi connectivity index (χ0) is 50.8. The minimum atomic E-state index is -1.65. The van der Waals surface area contributed by atoms with Crippen LogP contribution in [-0.4, -0.2) is 147 Å². The van der Waals surface area contributed by atoms with Gasteiger partial charge in [-0.05, 0) is 137 Å². The van der Waals surface area contributed by atoms with Crippen LogP contribution in [0.3, 0.4) is 0 Å². The molecule has 0 aromatic rings. The van der Waals surface area contributed by atoms with Gasteiger partial charge in [-0.3, -0.25) is 0 Å². The molecule has 10 nitrogen and oxygen atoms in total. The van der Waals surface area contributed by atoms with Crippen LogP contribution in [0.4, 0.5) is 0 Å². The Morgan fingerprint density at radius 2 is 0.565 bits per heavy atom. The van der Waals surface area contributed by atoms with E-state index in [-0.39, 0.29) is 33.4 Å². The van der Waals surface area contributed by atoms with E-state index in [1.54, 1.807) is 70.9 Å². The molecule has 62 heavy (non-hydrogen) atoms. The van der Waals surface area contributed by atoms with Crippen LogP contribution in [0.25, 0.3) is 0 Å². The van der Waals surface area contributed by atoms with Crippen LogP contribution in [0.1, 0.15) is 35.1 Å². The molecule has 20 heteroatoms. The zero-order valence-corrected chi connectivity index (χ0v) is 58.1. The Bertz CT molecular complexity index is 731. The Balaban J connectivity index is -0.0000000392. The quantitative estimate of drug-likeness (QED) is 0.131. The van der Waals surface area contributed by atoms with E-state index in [2.05, 4.69) is 151 Å². The van der Waals surface area contributed by atoms with E-state index < -0.39 is 75.8 Å². The summed E-state index contributed by atoms with van der Waals surface area (Å²) in [5.41, 5.74) is 2.08. The fourth-order valence-electron chi connectivity index (χ4n) is 0.871. The third kappa shape index (κ3) is 160. The van der Waals surface area contributed by atoms with Crippen LogP contribution in [-0.2, 0) is 62.8 Å². The topological polar surface area (TPSA) is 92.3 Å². The van der Waals surface area contributed by atoms with Crippen molar-refractivity contribution in [3.05, 3.63) is 19.2 Å². The van der Waals surface area contributed by atoms with Gasteiger partial charge in [-0.25, -0.2) is 0 Å².